The van der Waals surface area contributed by atoms with Crippen LogP contribution in [0.25, 0.3) is 5.69 Å². The lowest BCUT2D eigenvalue weighted by Gasteiger charge is -2.28. The molecule has 5 rings (SSSR count). The number of benzene rings is 3. The molecule has 1 aromatic heterocycles. The van der Waals surface area contributed by atoms with E-state index in [1.165, 1.54) is 0 Å². The lowest BCUT2D eigenvalue weighted by molar-refractivity contribution is 0.122. The number of anilines is 1. The van der Waals surface area contributed by atoms with Gasteiger partial charge in [0.1, 0.15) is 11.7 Å². The highest BCUT2D eigenvalue weighted by Gasteiger charge is 2.31. The van der Waals surface area contributed by atoms with E-state index in [-0.39, 0.29) is 16.4 Å². The van der Waals surface area contributed by atoms with E-state index in [9.17, 15) is 18.1 Å². The summed E-state index contributed by atoms with van der Waals surface area (Å²) in [5.74, 6) is -1.03. The molecule has 1 unspecified atom stereocenters. The average molecular weight is 531 g/mol. The highest BCUT2D eigenvalue weighted by Crippen LogP contribution is 2.29. The Hall–Kier alpha value is -4.40. The number of morpholine rings is 1. The Bertz CT molecular complexity index is 1580. The molecule has 3 aromatic carbocycles. The van der Waals surface area contributed by atoms with Crippen molar-refractivity contribution < 1.29 is 17.5 Å². The highest BCUT2D eigenvalue weighted by atomic mass is 32.2. The first-order valence-corrected chi connectivity index (χ1v) is 13.3. The van der Waals surface area contributed by atoms with Crippen LogP contribution in [0.15, 0.2) is 94.2 Å². The maximum Gasteiger partial charge on any atom is 0.282 e. The van der Waals surface area contributed by atoms with Crippen molar-refractivity contribution in [2.45, 2.75) is 10.8 Å². The summed E-state index contributed by atoms with van der Waals surface area (Å²) in [5.41, 5.74) is 1.12. The van der Waals surface area contributed by atoms with Crippen LogP contribution in [0.4, 0.5) is 10.3 Å². The zero-order valence-corrected chi connectivity index (χ0v) is 21.0. The van der Waals surface area contributed by atoms with Gasteiger partial charge in [0, 0.05) is 13.1 Å². The zero-order chi connectivity index (χ0) is 26.5. The van der Waals surface area contributed by atoms with Gasteiger partial charge in [-0.2, -0.15) is 18.1 Å². The van der Waals surface area contributed by atoms with Crippen molar-refractivity contribution in [3.63, 3.8) is 0 Å². The molecular weight excluding hydrogens is 507 g/mol. The van der Waals surface area contributed by atoms with Gasteiger partial charge in [-0.25, -0.2) is 4.39 Å². The van der Waals surface area contributed by atoms with Crippen molar-refractivity contribution in [2.24, 2.45) is 4.40 Å². The fraction of sp³-hybridized carbons (Fsp3) is 0.185. The molecule has 0 saturated carbocycles. The van der Waals surface area contributed by atoms with E-state index < -0.39 is 21.8 Å². The van der Waals surface area contributed by atoms with Crippen molar-refractivity contribution in [1.29, 1.82) is 5.26 Å². The molecule has 0 N–H and O–H groups in total. The molecule has 1 atom stereocenters. The van der Waals surface area contributed by atoms with E-state index >= 15 is 0 Å². The number of ether oxygens (including phenoxy) is 1. The molecule has 1 aliphatic heterocycles. The normalized spacial score (nSPS) is 15.2. The molecule has 0 bridgehead atoms. The van der Waals surface area contributed by atoms with Crippen LogP contribution in [0.3, 0.4) is 0 Å². The molecular formula is C27H23FN6O3S. The van der Waals surface area contributed by atoms with Gasteiger partial charge < -0.3 is 9.64 Å². The van der Waals surface area contributed by atoms with Gasteiger partial charge in [-0.3, -0.25) is 4.57 Å². The number of hydrogen-bond donors (Lipinski definition) is 0. The van der Waals surface area contributed by atoms with Crippen LogP contribution in [0.1, 0.15) is 17.3 Å². The smallest absolute Gasteiger partial charge is 0.282 e. The van der Waals surface area contributed by atoms with Gasteiger partial charge in [0.25, 0.3) is 10.0 Å². The van der Waals surface area contributed by atoms with Gasteiger partial charge in [0.15, 0.2) is 5.82 Å². The molecule has 9 nitrogen and oxygen atoms in total. The maximum atomic E-state index is 13.5. The Morgan fingerprint density at radius 1 is 0.947 bits per heavy atom. The van der Waals surface area contributed by atoms with E-state index in [0.29, 0.717) is 43.5 Å². The summed E-state index contributed by atoms with van der Waals surface area (Å²) in [5, 5.41) is 19.2. The fourth-order valence-electron chi connectivity index (χ4n) is 4.18. The van der Waals surface area contributed by atoms with Crippen LogP contribution in [-0.2, 0) is 14.8 Å². The van der Waals surface area contributed by atoms with Gasteiger partial charge in [-0.15, -0.1) is 10.2 Å². The molecule has 2 heterocycles. The Morgan fingerprint density at radius 3 is 2.21 bits per heavy atom. The summed E-state index contributed by atoms with van der Waals surface area (Å²) >= 11 is 0. The predicted octanol–water partition coefficient (Wildman–Crippen LogP) is 3.73. The predicted molar refractivity (Wildman–Crippen MR) is 139 cm³/mol. The third-order valence-electron chi connectivity index (χ3n) is 6.04. The van der Waals surface area contributed by atoms with Crippen LogP contribution in [-0.4, -0.2) is 55.2 Å². The molecule has 1 fully saturated rings. The van der Waals surface area contributed by atoms with Crippen molar-refractivity contribution in [1.82, 2.24) is 14.8 Å². The standard InChI is InChI=1S/C27H23FN6O3S/c28-21-11-13-23(14-12-21)38(35,36)32-25(20-7-3-1-4-8-20)24(19-29)26-30-31-27(33-15-17-37-18-16-33)34(26)22-9-5-2-6-10-22/h1-14,24H,15-18H2/b32-25+. The quantitative estimate of drug-likeness (QED) is 0.335. The second kappa shape index (κ2) is 10.9. The van der Waals surface area contributed by atoms with Gasteiger partial charge in [0.2, 0.25) is 5.95 Å². The van der Waals surface area contributed by atoms with E-state index in [1.807, 2.05) is 35.2 Å². The molecule has 1 aliphatic rings. The van der Waals surface area contributed by atoms with Crippen molar-refractivity contribution in [2.75, 3.05) is 31.2 Å². The second-order valence-electron chi connectivity index (χ2n) is 8.46. The monoisotopic (exact) mass is 530 g/mol. The van der Waals surface area contributed by atoms with Crippen LogP contribution >= 0.6 is 0 Å². The molecule has 0 radical (unpaired) electrons. The van der Waals surface area contributed by atoms with Gasteiger partial charge in [-0.1, -0.05) is 48.5 Å². The van der Waals surface area contributed by atoms with E-state index in [1.54, 1.807) is 34.9 Å². The molecule has 192 valence electrons. The number of sulfonamides is 1. The number of rotatable bonds is 7. The zero-order valence-electron chi connectivity index (χ0n) is 20.2. The molecule has 0 spiro atoms. The van der Waals surface area contributed by atoms with E-state index in [2.05, 4.69) is 20.7 Å². The van der Waals surface area contributed by atoms with Crippen LogP contribution in [0.2, 0.25) is 0 Å². The summed E-state index contributed by atoms with van der Waals surface area (Å²) < 4.78 is 51.4. The number of aromatic nitrogens is 3. The third-order valence-corrected chi connectivity index (χ3v) is 7.34. The maximum absolute atomic E-state index is 13.5. The molecule has 0 amide bonds. The summed E-state index contributed by atoms with van der Waals surface area (Å²) in [6.07, 6.45) is 0. The largest absolute Gasteiger partial charge is 0.378 e. The van der Waals surface area contributed by atoms with Crippen molar-refractivity contribution in [3.05, 3.63) is 102 Å². The molecule has 4 aromatic rings. The third kappa shape index (κ3) is 5.18. The lowest BCUT2D eigenvalue weighted by atomic mass is 9.97. The fourth-order valence-corrected chi connectivity index (χ4v) is 5.23. The average Bonchev–Trinajstić information content (AvgIpc) is 3.39. The molecule has 1 saturated heterocycles. The topological polar surface area (TPSA) is 113 Å². The first kappa shape index (κ1) is 25.3. The van der Waals surface area contributed by atoms with Gasteiger partial charge in [-0.05, 0) is 42.0 Å². The number of halogens is 1. The Kier molecular flexibility index (Phi) is 7.26. The molecule has 0 aliphatic carbocycles. The first-order chi connectivity index (χ1) is 18.5. The second-order valence-corrected chi connectivity index (χ2v) is 10.1. The number of para-hydroxylation sites is 1. The summed E-state index contributed by atoms with van der Waals surface area (Å²) in [6, 6.07) is 24.5. The van der Waals surface area contributed by atoms with Gasteiger partial charge in [0.05, 0.1) is 35.6 Å². The van der Waals surface area contributed by atoms with Crippen molar-refractivity contribution in [3.8, 4) is 11.8 Å². The minimum atomic E-state index is -4.29. The minimum Gasteiger partial charge on any atom is -0.378 e. The Labute approximate surface area is 219 Å². The minimum absolute atomic E-state index is 0.0180. The van der Waals surface area contributed by atoms with E-state index in [4.69, 9.17) is 4.74 Å². The van der Waals surface area contributed by atoms with Gasteiger partial charge >= 0.3 is 0 Å². The van der Waals surface area contributed by atoms with Crippen molar-refractivity contribution >= 4 is 21.7 Å². The Balaban J connectivity index is 1.69. The SMILES string of the molecule is N#CC(/C(=N/S(=O)(=O)c1ccc(F)cc1)c1ccccc1)c1nnc(N2CCOCC2)n1-c1ccccc1. The summed E-state index contributed by atoms with van der Waals surface area (Å²) in [4.78, 5) is 1.82. The molecule has 11 heteroatoms. The molecule has 38 heavy (non-hydrogen) atoms. The number of hydrogen-bond acceptors (Lipinski definition) is 7. The Morgan fingerprint density at radius 2 is 1.58 bits per heavy atom. The van der Waals surface area contributed by atoms with Crippen LogP contribution in [0, 0.1) is 17.1 Å². The summed E-state index contributed by atoms with van der Waals surface area (Å²) in [6.45, 7) is 2.21. The highest BCUT2D eigenvalue weighted by molar-refractivity contribution is 7.90. The summed E-state index contributed by atoms with van der Waals surface area (Å²) in [7, 11) is -4.29. The van der Waals surface area contributed by atoms with E-state index in [0.717, 1.165) is 24.3 Å². The first-order valence-electron chi connectivity index (χ1n) is 11.9. The number of nitriles is 1. The number of nitrogens with zero attached hydrogens (tertiary/aromatic N) is 6. The lowest BCUT2D eigenvalue weighted by Crippen LogP contribution is -2.38. The van der Waals surface area contributed by atoms with Crippen LogP contribution < -0.4 is 4.90 Å². The van der Waals surface area contributed by atoms with Crippen LogP contribution in [0.5, 0.6) is 0 Å².